The molecule has 0 radical (unpaired) electrons. The van der Waals surface area contributed by atoms with Crippen molar-refractivity contribution >= 4 is 17.1 Å². The Labute approximate surface area is 197 Å². The summed E-state index contributed by atoms with van der Waals surface area (Å²) < 4.78 is 11.3. The summed E-state index contributed by atoms with van der Waals surface area (Å²) in [4.78, 5) is 13.6. The van der Waals surface area contributed by atoms with E-state index in [2.05, 4.69) is 61.2 Å². The largest absolute Gasteiger partial charge is 0.492 e. The summed E-state index contributed by atoms with van der Waals surface area (Å²) in [5.41, 5.74) is 5.61. The van der Waals surface area contributed by atoms with Crippen molar-refractivity contribution in [1.82, 2.24) is 4.90 Å². The van der Waals surface area contributed by atoms with Gasteiger partial charge in [-0.15, -0.1) is 0 Å². The molecule has 33 heavy (non-hydrogen) atoms. The Morgan fingerprint density at radius 1 is 0.818 bits per heavy atom. The van der Waals surface area contributed by atoms with E-state index in [1.165, 1.54) is 18.1 Å². The molecule has 0 aliphatic carbocycles. The van der Waals surface area contributed by atoms with Crippen LogP contribution in [0.3, 0.4) is 0 Å². The fourth-order valence-electron chi connectivity index (χ4n) is 3.81. The zero-order valence-electron chi connectivity index (χ0n) is 20.2. The van der Waals surface area contributed by atoms with Crippen molar-refractivity contribution < 1.29 is 14.3 Å². The van der Waals surface area contributed by atoms with Crippen molar-refractivity contribution in [1.29, 1.82) is 0 Å². The van der Waals surface area contributed by atoms with Gasteiger partial charge in [0.05, 0.1) is 0 Å². The fraction of sp³-hybridized carbons (Fsp3) is 0.276. The zero-order valence-corrected chi connectivity index (χ0v) is 20.2. The number of rotatable bonds is 9. The van der Waals surface area contributed by atoms with Gasteiger partial charge in [-0.3, -0.25) is 4.79 Å². The van der Waals surface area contributed by atoms with E-state index in [0.29, 0.717) is 12.4 Å². The lowest BCUT2D eigenvalue weighted by molar-refractivity contribution is -0.131. The molecule has 3 aromatic rings. The highest BCUT2D eigenvalue weighted by atomic mass is 16.5. The molecule has 0 atom stereocenters. The number of hydrogen-bond acceptors (Lipinski definition) is 4. The van der Waals surface area contributed by atoms with Gasteiger partial charge < -0.3 is 14.4 Å². The molecule has 0 amide bonds. The number of esters is 1. The number of nitrogens with zero attached hydrogens (tertiary/aromatic N) is 1. The SMILES string of the molecule is CC(=O)Oc1cccc(/C(=C(/c2ccccc2)C(C)C)c2ccc(OCCN(C)C)cc2)c1. The lowest BCUT2D eigenvalue weighted by atomic mass is 9.84. The molecule has 3 aromatic carbocycles. The van der Waals surface area contributed by atoms with Crippen LogP contribution in [-0.4, -0.2) is 38.1 Å². The van der Waals surface area contributed by atoms with Gasteiger partial charge in [-0.05, 0) is 72.1 Å². The van der Waals surface area contributed by atoms with Gasteiger partial charge in [0, 0.05) is 13.5 Å². The molecule has 0 saturated heterocycles. The smallest absolute Gasteiger partial charge is 0.308 e. The number of ether oxygens (including phenoxy) is 2. The third kappa shape index (κ3) is 6.80. The van der Waals surface area contributed by atoms with Gasteiger partial charge in [0.2, 0.25) is 0 Å². The van der Waals surface area contributed by atoms with E-state index in [9.17, 15) is 4.79 Å². The van der Waals surface area contributed by atoms with Gasteiger partial charge in [-0.25, -0.2) is 0 Å². The Balaban J connectivity index is 2.11. The monoisotopic (exact) mass is 443 g/mol. The molecule has 4 heteroatoms. The van der Waals surface area contributed by atoms with Gasteiger partial charge in [0.15, 0.2) is 0 Å². The minimum Gasteiger partial charge on any atom is -0.492 e. The predicted octanol–water partition coefficient (Wildman–Crippen LogP) is 6.17. The van der Waals surface area contributed by atoms with Crippen molar-refractivity contribution in [3.8, 4) is 11.5 Å². The maximum atomic E-state index is 11.5. The van der Waals surface area contributed by atoms with Crippen LogP contribution in [0, 0.1) is 5.92 Å². The van der Waals surface area contributed by atoms with Crippen LogP contribution in [0.4, 0.5) is 0 Å². The molecular weight excluding hydrogens is 410 g/mol. The van der Waals surface area contributed by atoms with E-state index in [4.69, 9.17) is 9.47 Å². The summed E-state index contributed by atoms with van der Waals surface area (Å²) in [5.74, 6) is 1.33. The topological polar surface area (TPSA) is 38.8 Å². The number of benzene rings is 3. The zero-order chi connectivity index (χ0) is 23.8. The molecule has 3 rings (SSSR count). The van der Waals surface area contributed by atoms with E-state index in [-0.39, 0.29) is 11.9 Å². The Bertz CT molecular complexity index is 1080. The van der Waals surface area contributed by atoms with Gasteiger partial charge >= 0.3 is 5.97 Å². The van der Waals surface area contributed by atoms with Crippen molar-refractivity contribution in [3.63, 3.8) is 0 Å². The molecule has 0 heterocycles. The third-order valence-corrected chi connectivity index (χ3v) is 5.27. The van der Waals surface area contributed by atoms with Gasteiger partial charge in [-0.2, -0.15) is 0 Å². The quantitative estimate of drug-likeness (QED) is 0.225. The maximum absolute atomic E-state index is 11.5. The minimum absolute atomic E-state index is 0.274. The number of carbonyl (C=O) groups excluding carboxylic acids is 1. The van der Waals surface area contributed by atoms with Gasteiger partial charge in [0.25, 0.3) is 0 Å². The normalized spacial score (nSPS) is 12.0. The van der Waals surface area contributed by atoms with E-state index in [1.807, 2.05) is 50.5 Å². The first-order valence-electron chi connectivity index (χ1n) is 11.3. The molecule has 0 saturated carbocycles. The summed E-state index contributed by atoms with van der Waals surface area (Å²) in [7, 11) is 4.06. The number of allylic oxidation sites excluding steroid dienone is 1. The minimum atomic E-state index is -0.330. The summed E-state index contributed by atoms with van der Waals surface area (Å²) in [6.07, 6.45) is 0. The molecule has 0 aliphatic heterocycles. The second kappa shape index (κ2) is 11.5. The van der Waals surface area contributed by atoms with Gasteiger partial charge in [-0.1, -0.05) is 68.4 Å². The summed E-state index contributed by atoms with van der Waals surface area (Å²) in [5, 5.41) is 0. The Kier molecular flexibility index (Phi) is 8.45. The average Bonchev–Trinajstić information content (AvgIpc) is 2.78. The van der Waals surface area contributed by atoms with Crippen LogP contribution in [0.5, 0.6) is 11.5 Å². The van der Waals surface area contributed by atoms with E-state index in [1.54, 1.807) is 0 Å². The van der Waals surface area contributed by atoms with E-state index < -0.39 is 0 Å². The molecule has 0 unspecified atom stereocenters. The highest BCUT2D eigenvalue weighted by molar-refractivity contribution is 5.99. The Morgan fingerprint density at radius 2 is 1.48 bits per heavy atom. The Morgan fingerprint density at radius 3 is 2.09 bits per heavy atom. The van der Waals surface area contributed by atoms with Crippen LogP contribution < -0.4 is 9.47 Å². The van der Waals surface area contributed by atoms with Crippen LogP contribution in [0.15, 0.2) is 78.9 Å². The molecule has 172 valence electrons. The van der Waals surface area contributed by atoms with Crippen LogP contribution in [-0.2, 0) is 4.79 Å². The molecule has 0 N–H and O–H groups in total. The molecule has 0 spiro atoms. The highest BCUT2D eigenvalue weighted by Crippen LogP contribution is 2.38. The van der Waals surface area contributed by atoms with Crippen molar-refractivity contribution in [2.24, 2.45) is 5.92 Å². The lowest BCUT2D eigenvalue weighted by Gasteiger charge is -2.21. The molecule has 0 bridgehead atoms. The van der Waals surface area contributed by atoms with Crippen molar-refractivity contribution in [2.75, 3.05) is 27.2 Å². The first-order valence-corrected chi connectivity index (χ1v) is 11.3. The third-order valence-electron chi connectivity index (χ3n) is 5.27. The fourth-order valence-corrected chi connectivity index (χ4v) is 3.81. The lowest BCUT2D eigenvalue weighted by Crippen LogP contribution is -2.19. The molecule has 0 aromatic heterocycles. The van der Waals surface area contributed by atoms with Crippen LogP contribution in [0.25, 0.3) is 11.1 Å². The first kappa shape index (κ1) is 24.3. The van der Waals surface area contributed by atoms with Crippen molar-refractivity contribution in [3.05, 3.63) is 95.6 Å². The van der Waals surface area contributed by atoms with Crippen molar-refractivity contribution in [2.45, 2.75) is 20.8 Å². The van der Waals surface area contributed by atoms with E-state index in [0.717, 1.165) is 29.0 Å². The second-order valence-electron chi connectivity index (χ2n) is 8.61. The van der Waals surface area contributed by atoms with Crippen LogP contribution >= 0.6 is 0 Å². The number of hydrogen-bond donors (Lipinski definition) is 0. The number of likely N-dealkylation sites (N-methyl/N-ethyl adjacent to an activating group) is 1. The standard InChI is InChI=1S/C29H33NO3/c1-21(2)28(23-10-7-6-8-11-23)29(25-12-9-13-27(20-25)33-22(3)31)24-14-16-26(17-15-24)32-19-18-30(4)5/h6-17,20-21H,18-19H2,1-5H3/b29-28+. The molecule has 0 aliphatic rings. The van der Waals surface area contributed by atoms with Crippen LogP contribution in [0.1, 0.15) is 37.5 Å². The average molecular weight is 444 g/mol. The summed E-state index contributed by atoms with van der Waals surface area (Å²) in [6.45, 7) is 7.33. The first-order chi connectivity index (χ1) is 15.8. The van der Waals surface area contributed by atoms with Crippen LogP contribution in [0.2, 0.25) is 0 Å². The predicted molar refractivity (Wildman–Crippen MR) is 135 cm³/mol. The van der Waals surface area contributed by atoms with E-state index >= 15 is 0 Å². The molecule has 0 fully saturated rings. The summed E-state index contributed by atoms with van der Waals surface area (Å²) in [6, 6.07) is 26.4. The number of carbonyl (C=O) groups is 1. The molecule has 4 nitrogen and oxygen atoms in total. The van der Waals surface area contributed by atoms with Gasteiger partial charge in [0.1, 0.15) is 18.1 Å². The Hall–Kier alpha value is -3.37. The second-order valence-corrected chi connectivity index (χ2v) is 8.61. The molecular formula is C29H33NO3. The highest BCUT2D eigenvalue weighted by Gasteiger charge is 2.18. The maximum Gasteiger partial charge on any atom is 0.308 e. The summed E-state index contributed by atoms with van der Waals surface area (Å²) >= 11 is 0.